The number of nitrogens with one attached hydrogen (secondary N) is 1. The molecular weight excluding hydrogens is 508 g/mol. The van der Waals surface area contributed by atoms with E-state index in [-0.39, 0.29) is 11.6 Å². The lowest BCUT2D eigenvalue weighted by Crippen LogP contribution is -2.35. The van der Waals surface area contributed by atoms with Gasteiger partial charge in [0.1, 0.15) is 11.8 Å². The highest BCUT2D eigenvalue weighted by atomic mass is 16.5. The number of pyridine rings is 1. The van der Waals surface area contributed by atoms with Crippen molar-refractivity contribution >= 4 is 10.9 Å². The average Bonchev–Trinajstić information content (AvgIpc) is 3.77. The van der Waals surface area contributed by atoms with Gasteiger partial charge in [-0.05, 0) is 53.1 Å². The molecule has 1 N–H and O–H groups in total. The summed E-state index contributed by atoms with van der Waals surface area (Å²) in [6.45, 7) is 1.00. The van der Waals surface area contributed by atoms with Crippen LogP contribution in [0.5, 0.6) is 11.5 Å². The van der Waals surface area contributed by atoms with E-state index in [1.807, 2.05) is 47.1 Å². The van der Waals surface area contributed by atoms with Gasteiger partial charge in [0.15, 0.2) is 17.3 Å². The second-order valence-electron chi connectivity index (χ2n) is 10.1. The summed E-state index contributed by atoms with van der Waals surface area (Å²) in [7, 11) is 3.17. The summed E-state index contributed by atoms with van der Waals surface area (Å²) in [4.78, 5) is 19.1. The summed E-state index contributed by atoms with van der Waals surface area (Å²) >= 11 is 0. The van der Waals surface area contributed by atoms with Gasteiger partial charge in [-0.2, -0.15) is 0 Å². The molecule has 2 aromatic carbocycles. The van der Waals surface area contributed by atoms with Crippen molar-refractivity contribution in [3.63, 3.8) is 0 Å². The summed E-state index contributed by atoms with van der Waals surface area (Å²) in [6, 6.07) is 19.2. The van der Waals surface area contributed by atoms with Crippen LogP contribution in [0, 0.1) is 0 Å². The fraction of sp³-hybridized carbons (Fsp3) is 0.333. The topological polar surface area (TPSA) is 111 Å². The summed E-state index contributed by atoms with van der Waals surface area (Å²) in [5.74, 6) is 2.55. The normalized spacial score (nSPS) is 14.7. The zero-order valence-corrected chi connectivity index (χ0v) is 22.6. The fourth-order valence-corrected chi connectivity index (χ4v) is 5.70. The molecule has 1 fully saturated rings. The van der Waals surface area contributed by atoms with Crippen LogP contribution in [0.4, 0.5) is 0 Å². The Bertz CT molecular complexity index is 1620. The second kappa shape index (κ2) is 11.4. The lowest BCUT2D eigenvalue weighted by molar-refractivity contribution is 0.176. The lowest BCUT2D eigenvalue weighted by Gasteiger charge is -2.31. The van der Waals surface area contributed by atoms with Crippen LogP contribution in [-0.2, 0) is 13.1 Å². The largest absolute Gasteiger partial charge is 0.493 e. The number of tetrazole rings is 1. The Morgan fingerprint density at radius 1 is 1.02 bits per heavy atom. The van der Waals surface area contributed by atoms with Gasteiger partial charge < -0.3 is 18.9 Å². The molecule has 206 valence electrons. The molecule has 10 nitrogen and oxygen atoms in total. The molecule has 3 heterocycles. The van der Waals surface area contributed by atoms with Gasteiger partial charge in [-0.15, -0.1) is 5.10 Å². The predicted molar refractivity (Wildman–Crippen MR) is 149 cm³/mol. The van der Waals surface area contributed by atoms with Crippen molar-refractivity contribution in [3.05, 3.63) is 100.0 Å². The number of benzene rings is 2. The minimum Gasteiger partial charge on any atom is -0.493 e. The Morgan fingerprint density at radius 3 is 2.52 bits per heavy atom. The minimum absolute atomic E-state index is 0.193. The molecule has 40 heavy (non-hydrogen) atoms. The third-order valence-corrected chi connectivity index (χ3v) is 7.64. The Kier molecular flexibility index (Phi) is 7.33. The first-order valence-corrected chi connectivity index (χ1v) is 13.5. The van der Waals surface area contributed by atoms with Gasteiger partial charge in [0.05, 0.1) is 38.6 Å². The van der Waals surface area contributed by atoms with Gasteiger partial charge in [0.25, 0.3) is 5.56 Å². The predicted octanol–water partition coefficient (Wildman–Crippen LogP) is 5.03. The molecule has 1 aliphatic rings. The van der Waals surface area contributed by atoms with Crippen LogP contribution in [0.15, 0.2) is 76.1 Å². The highest BCUT2D eigenvalue weighted by Gasteiger charge is 2.34. The molecular formula is C30H32N6O4. The Labute approximate surface area is 231 Å². The molecule has 1 aliphatic carbocycles. The van der Waals surface area contributed by atoms with Gasteiger partial charge in [0.2, 0.25) is 0 Å². The van der Waals surface area contributed by atoms with E-state index in [0.29, 0.717) is 41.5 Å². The number of aromatic amines is 1. The van der Waals surface area contributed by atoms with Crippen molar-refractivity contribution in [2.45, 2.75) is 50.9 Å². The quantitative estimate of drug-likeness (QED) is 0.263. The number of fused-ring (bicyclic) bond motifs is 1. The third-order valence-electron chi connectivity index (χ3n) is 7.64. The van der Waals surface area contributed by atoms with E-state index in [4.69, 9.17) is 13.9 Å². The van der Waals surface area contributed by atoms with Gasteiger partial charge in [-0.1, -0.05) is 43.2 Å². The summed E-state index contributed by atoms with van der Waals surface area (Å²) in [6.07, 6.45) is 5.94. The summed E-state index contributed by atoms with van der Waals surface area (Å²) < 4.78 is 18.7. The molecule has 1 atom stereocenters. The molecule has 5 aromatic rings. The molecule has 0 aliphatic heterocycles. The first kappa shape index (κ1) is 25.8. The first-order valence-electron chi connectivity index (χ1n) is 13.5. The van der Waals surface area contributed by atoms with Crippen LogP contribution >= 0.6 is 0 Å². The number of furan rings is 1. The molecule has 0 saturated heterocycles. The number of hydrogen-bond donors (Lipinski definition) is 1. The van der Waals surface area contributed by atoms with Crippen LogP contribution in [0.25, 0.3) is 10.9 Å². The minimum atomic E-state index is -0.554. The molecule has 0 unspecified atom stereocenters. The number of aromatic nitrogens is 5. The van der Waals surface area contributed by atoms with E-state index in [1.165, 1.54) is 0 Å². The fourth-order valence-electron chi connectivity index (χ4n) is 5.70. The van der Waals surface area contributed by atoms with Gasteiger partial charge in [-0.25, -0.2) is 4.68 Å². The third kappa shape index (κ3) is 5.10. The van der Waals surface area contributed by atoms with Crippen molar-refractivity contribution in [1.29, 1.82) is 0 Å². The van der Waals surface area contributed by atoms with E-state index in [0.717, 1.165) is 42.4 Å². The summed E-state index contributed by atoms with van der Waals surface area (Å²) in [5.41, 5.74) is 2.07. The monoisotopic (exact) mass is 540 g/mol. The zero-order chi connectivity index (χ0) is 27.5. The van der Waals surface area contributed by atoms with E-state index < -0.39 is 6.04 Å². The maximum Gasteiger partial charge on any atom is 0.253 e. The second-order valence-corrected chi connectivity index (χ2v) is 10.1. The lowest BCUT2D eigenvalue weighted by atomic mass is 10.0. The van der Waals surface area contributed by atoms with E-state index >= 15 is 0 Å². The Balaban J connectivity index is 1.54. The van der Waals surface area contributed by atoms with Gasteiger partial charge >= 0.3 is 0 Å². The van der Waals surface area contributed by atoms with Crippen LogP contribution in [0.1, 0.15) is 60.5 Å². The number of ether oxygens (including phenoxy) is 2. The summed E-state index contributed by atoms with van der Waals surface area (Å²) in [5, 5.41) is 13.9. The van der Waals surface area contributed by atoms with Crippen LogP contribution < -0.4 is 15.0 Å². The smallest absolute Gasteiger partial charge is 0.253 e. The highest BCUT2D eigenvalue weighted by molar-refractivity contribution is 5.83. The molecule has 0 spiro atoms. The van der Waals surface area contributed by atoms with Crippen LogP contribution in [0.2, 0.25) is 0 Å². The standard InChI is InChI=1S/C30H32N6O4/c1-38-26-16-21-15-24(30(37)31-25(21)17-27(26)39-2)28(29-32-33-34-36(29)22-11-6-7-12-22)35(19-23-13-8-14-40-23)18-20-9-4-3-5-10-20/h3-5,8-10,13-17,22,28H,6-7,11-12,18-19H2,1-2H3,(H,31,37)/t28-/m1/s1. The van der Waals surface area contributed by atoms with Crippen molar-refractivity contribution < 1.29 is 13.9 Å². The SMILES string of the molecule is COc1cc2cc([C@H](c3nnnn3C3CCCC3)N(Cc3ccccc3)Cc3ccco3)c(=O)[nH]c2cc1OC. The van der Waals surface area contributed by atoms with Gasteiger partial charge in [-0.3, -0.25) is 9.69 Å². The Hall–Kier alpha value is -4.44. The zero-order valence-electron chi connectivity index (χ0n) is 22.6. The van der Waals surface area contributed by atoms with Crippen molar-refractivity contribution in [1.82, 2.24) is 30.1 Å². The number of H-pyrrole nitrogens is 1. The molecule has 6 rings (SSSR count). The number of methoxy groups -OCH3 is 2. The molecule has 10 heteroatoms. The molecule has 0 bridgehead atoms. The number of nitrogens with zero attached hydrogens (tertiary/aromatic N) is 5. The maximum atomic E-state index is 13.9. The molecule has 3 aromatic heterocycles. The Morgan fingerprint density at radius 2 is 1.80 bits per heavy atom. The molecule has 1 saturated carbocycles. The number of hydrogen-bond acceptors (Lipinski definition) is 8. The van der Waals surface area contributed by atoms with Crippen LogP contribution in [-0.4, -0.2) is 44.3 Å². The maximum absolute atomic E-state index is 13.9. The highest BCUT2D eigenvalue weighted by Crippen LogP contribution is 2.36. The molecule has 0 radical (unpaired) electrons. The van der Waals surface area contributed by atoms with Gasteiger partial charge in [0, 0.05) is 23.6 Å². The van der Waals surface area contributed by atoms with Crippen molar-refractivity contribution in [2.75, 3.05) is 14.2 Å². The van der Waals surface area contributed by atoms with E-state index in [2.05, 4.69) is 37.5 Å². The molecule has 0 amide bonds. The first-order chi connectivity index (χ1) is 19.6. The average molecular weight is 541 g/mol. The van der Waals surface area contributed by atoms with Crippen LogP contribution in [0.3, 0.4) is 0 Å². The number of rotatable bonds is 10. The van der Waals surface area contributed by atoms with E-state index in [9.17, 15) is 4.79 Å². The van der Waals surface area contributed by atoms with Crippen molar-refractivity contribution in [3.8, 4) is 11.5 Å². The van der Waals surface area contributed by atoms with Crippen molar-refractivity contribution in [2.24, 2.45) is 0 Å². The van der Waals surface area contributed by atoms with E-state index in [1.54, 1.807) is 26.5 Å².